The van der Waals surface area contributed by atoms with Crippen LogP contribution in [0.5, 0.6) is 5.75 Å². The van der Waals surface area contributed by atoms with Crippen molar-refractivity contribution >= 4 is 17.7 Å². The van der Waals surface area contributed by atoms with E-state index in [-0.39, 0.29) is 5.56 Å². The highest BCUT2D eigenvalue weighted by molar-refractivity contribution is 5.94. The van der Waals surface area contributed by atoms with Crippen LogP contribution in [-0.2, 0) is 0 Å². The summed E-state index contributed by atoms with van der Waals surface area (Å²) < 4.78 is 5.08. The molecule has 2 amide bonds. The standard InChI is InChI=1S/C13H19N3O4/c1-16(2)7-6-14-13(19)15-10-8-9(12(17)18)4-5-11(10)20-3/h4-5,8H,6-7H2,1-3H3,(H,17,18)(H2,14,15,19). The van der Waals surface area contributed by atoms with E-state index in [9.17, 15) is 9.59 Å². The number of rotatable bonds is 6. The maximum absolute atomic E-state index is 11.7. The molecule has 1 rings (SSSR count). The number of nitrogens with one attached hydrogen (secondary N) is 2. The minimum atomic E-state index is -1.07. The second-order valence-corrected chi connectivity index (χ2v) is 4.40. The lowest BCUT2D eigenvalue weighted by Gasteiger charge is -2.13. The van der Waals surface area contributed by atoms with Crippen molar-refractivity contribution in [1.29, 1.82) is 0 Å². The average Bonchev–Trinajstić information content (AvgIpc) is 2.38. The number of amides is 2. The van der Waals surface area contributed by atoms with E-state index in [4.69, 9.17) is 9.84 Å². The van der Waals surface area contributed by atoms with Gasteiger partial charge >= 0.3 is 12.0 Å². The van der Waals surface area contributed by atoms with Gasteiger partial charge in [-0.2, -0.15) is 0 Å². The quantitative estimate of drug-likeness (QED) is 0.725. The van der Waals surface area contributed by atoms with Gasteiger partial charge in [0.1, 0.15) is 5.75 Å². The molecule has 0 heterocycles. The summed E-state index contributed by atoms with van der Waals surface area (Å²) in [6, 6.07) is 3.86. The van der Waals surface area contributed by atoms with Crippen LogP contribution in [-0.4, -0.2) is 56.3 Å². The number of nitrogens with zero attached hydrogens (tertiary/aromatic N) is 1. The van der Waals surface area contributed by atoms with E-state index in [0.717, 1.165) is 0 Å². The summed E-state index contributed by atoms with van der Waals surface area (Å²) in [7, 11) is 5.25. The molecule has 0 aliphatic rings. The van der Waals surface area contributed by atoms with Crippen LogP contribution in [0.1, 0.15) is 10.4 Å². The molecule has 0 aliphatic heterocycles. The Bertz CT molecular complexity index is 489. The van der Waals surface area contributed by atoms with Crippen LogP contribution in [0, 0.1) is 0 Å². The highest BCUT2D eigenvalue weighted by atomic mass is 16.5. The third-order valence-electron chi connectivity index (χ3n) is 2.54. The van der Waals surface area contributed by atoms with Gasteiger partial charge in [0.05, 0.1) is 18.4 Å². The molecular formula is C13H19N3O4. The van der Waals surface area contributed by atoms with E-state index in [1.54, 1.807) is 0 Å². The van der Waals surface area contributed by atoms with Gasteiger partial charge in [0, 0.05) is 13.1 Å². The number of hydrogen-bond acceptors (Lipinski definition) is 4. The third-order valence-corrected chi connectivity index (χ3v) is 2.54. The van der Waals surface area contributed by atoms with Gasteiger partial charge < -0.3 is 25.4 Å². The molecule has 110 valence electrons. The molecule has 7 heteroatoms. The zero-order valence-electron chi connectivity index (χ0n) is 11.8. The molecule has 0 unspecified atom stereocenters. The van der Waals surface area contributed by atoms with Crippen LogP contribution < -0.4 is 15.4 Å². The summed E-state index contributed by atoms with van der Waals surface area (Å²) in [5, 5.41) is 14.2. The molecule has 0 radical (unpaired) electrons. The van der Waals surface area contributed by atoms with E-state index < -0.39 is 12.0 Å². The first-order valence-electron chi connectivity index (χ1n) is 6.05. The fourth-order valence-corrected chi connectivity index (χ4v) is 1.50. The molecule has 0 atom stereocenters. The Morgan fingerprint density at radius 1 is 1.35 bits per heavy atom. The summed E-state index contributed by atoms with van der Waals surface area (Å²) in [6.07, 6.45) is 0. The third kappa shape index (κ3) is 4.77. The first-order valence-corrected chi connectivity index (χ1v) is 6.05. The van der Waals surface area contributed by atoms with Crippen molar-refractivity contribution in [2.75, 3.05) is 39.6 Å². The molecule has 1 aromatic carbocycles. The second-order valence-electron chi connectivity index (χ2n) is 4.40. The van der Waals surface area contributed by atoms with Crippen molar-refractivity contribution in [2.45, 2.75) is 0 Å². The smallest absolute Gasteiger partial charge is 0.335 e. The first-order chi connectivity index (χ1) is 9.43. The lowest BCUT2D eigenvalue weighted by Crippen LogP contribution is -2.34. The van der Waals surface area contributed by atoms with Gasteiger partial charge in [-0.1, -0.05) is 0 Å². The van der Waals surface area contributed by atoms with Crippen molar-refractivity contribution in [1.82, 2.24) is 10.2 Å². The van der Waals surface area contributed by atoms with Gasteiger partial charge in [-0.3, -0.25) is 0 Å². The van der Waals surface area contributed by atoms with Crippen molar-refractivity contribution in [2.24, 2.45) is 0 Å². The minimum absolute atomic E-state index is 0.0781. The minimum Gasteiger partial charge on any atom is -0.495 e. The number of aromatic carboxylic acids is 1. The van der Waals surface area contributed by atoms with Gasteiger partial charge in [0.15, 0.2) is 0 Å². The van der Waals surface area contributed by atoms with Crippen molar-refractivity contribution in [3.8, 4) is 5.75 Å². The number of carbonyl (C=O) groups excluding carboxylic acids is 1. The molecule has 1 aromatic rings. The Kier molecular flexibility index (Phi) is 5.79. The Balaban J connectivity index is 2.71. The lowest BCUT2D eigenvalue weighted by molar-refractivity contribution is 0.0697. The Hall–Kier alpha value is -2.28. The number of hydrogen-bond donors (Lipinski definition) is 3. The topological polar surface area (TPSA) is 90.9 Å². The number of carbonyl (C=O) groups is 2. The van der Waals surface area contributed by atoms with Crippen molar-refractivity contribution < 1.29 is 19.4 Å². The van der Waals surface area contributed by atoms with Crippen molar-refractivity contribution in [3.05, 3.63) is 23.8 Å². The number of urea groups is 1. The summed E-state index contributed by atoms with van der Waals surface area (Å²) in [4.78, 5) is 24.5. The fourth-order valence-electron chi connectivity index (χ4n) is 1.50. The molecule has 0 bridgehead atoms. The molecule has 7 nitrogen and oxygen atoms in total. The van der Waals surface area contributed by atoms with Gasteiger partial charge in [-0.15, -0.1) is 0 Å². The average molecular weight is 281 g/mol. The van der Waals surface area contributed by atoms with E-state index in [2.05, 4.69) is 10.6 Å². The van der Waals surface area contributed by atoms with Gasteiger partial charge in [-0.25, -0.2) is 9.59 Å². The monoisotopic (exact) mass is 281 g/mol. The summed E-state index contributed by atoms with van der Waals surface area (Å²) in [5.74, 6) is -0.665. The number of carboxylic acid groups (broad SMARTS) is 1. The van der Waals surface area contributed by atoms with Gasteiger partial charge in [0.25, 0.3) is 0 Å². The molecule has 0 fully saturated rings. The van der Waals surface area contributed by atoms with E-state index in [0.29, 0.717) is 24.5 Å². The van der Waals surface area contributed by atoms with Crippen molar-refractivity contribution in [3.63, 3.8) is 0 Å². The van der Waals surface area contributed by atoms with Crippen LogP contribution >= 0.6 is 0 Å². The normalized spacial score (nSPS) is 10.2. The number of methoxy groups -OCH3 is 1. The Morgan fingerprint density at radius 2 is 2.05 bits per heavy atom. The van der Waals surface area contributed by atoms with Gasteiger partial charge in [-0.05, 0) is 32.3 Å². The van der Waals surface area contributed by atoms with Crippen LogP contribution in [0.15, 0.2) is 18.2 Å². The van der Waals surface area contributed by atoms with Crippen LogP contribution in [0.3, 0.4) is 0 Å². The zero-order valence-corrected chi connectivity index (χ0v) is 11.8. The van der Waals surface area contributed by atoms with E-state index in [1.807, 2.05) is 19.0 Å². The SMILES string of the molecule is COc1ccc(C(=O)O)cc1NC(=O)NCCN(C)C. The molecule has 0 saturated heterocycles. The maximum atomic E-state index is 11.7. The number of benzene rings is 1. The summed E-state index contributed by atoms with van der Waals surface area (Å²) in [5.41, 5.74) is 0.393. The van der Waals surface area contributed by atoms with Crippen LogP contribution in [0.25, 0.3) is 0 Å². The van der Waals surface area contributed by atoms with E-state index >= 15 is 0 Å². The number of ether oxygens (including phenoxy) is 1. The lowest BCUT2D eigenvalue weighted by atomic mass is 10.2. The second kappa shape index (κ2) is 7.34. The van der Waals surface area contributed by atoms with Crippen LogP contribution in [0.2, 0.25) is 0 Å². The largest absolute Gasteiger partial charge is 0.495 e. The predicted molar refractivity (Wildman–Crippen MR) is 75.5 cm³/mol. The molecule has 0 aromatic heterocycles. The molecule has 0 aliphatic carbocycles. The maximum Gasteiger partial charge on any atom is 0.335 e. The van der Waals surface area contributed by atoms with Crippen LogP contribution in [0.4, 0.5) is 10.5 Å². The predicted octanol–water partition coefficient (Wildman–Crippen LogP) is 1.08. The summed E-state index contributed by atoms with van der Waals surface area (Å²) in [6.45, 7) is 1.19. The molecule has 0 saturated carbocycles. The summed E-state index contributed by atoms with van der Waals surface area (Å²) >= 11 is 0. The Morgan fingerprint density at radius 3 is 2.60 bits per heavy atom. The highest BCUT2D eigenvalue weighted by Crippen LogP contribution is 2.25. The molecular weight excluding hydrogens is 262 g/mol. The molecule has 0 spiro atoms. The number of anilines is 1. The molecule has 3 N–H and O–H groups in total. The highest BCUT2D eigenvalue weighted by Gasteiger charge is 2.11. The zero-order chi connectivity index (χ0) is 15.1. The van der Waals surface area contributed by atoms with E-state index in [1.165, 1.54) is 25.3 Å². The fraction of sp³-hybridized carbons (Fsp3) is 0.385. The van der Waals surface area contributed by atoms with Gasteiger partial charge in [0.2, 0.25) is 0 Å². The number of carboxylic acids is 1. The number of likely N-dealkylation sites (N-methyl/N-ethyl adjacent to an activating group) is 1. The molecule has 20 heavy (non-hydrogen) atoms. The first kappa shape index (κ1) is 15.8. The Labute approximate surface area is 117 Å².